The second kappa shape index (κ2) is 9.16. The maximum atomic E-state index is 7.59. The first-order valence-electron chi connectivity index (χ1n) is 9.74. The van der Waals surface area contributed by atoms with Gasteiger partial charge in [0, 0.05) is 0 Å². The van der Waals surface area contributed by atoms with E-state index in [9.17, 15) is 0 Å². The molecule has 0 spiro atoms. The van der Waals surface area contributed by atoms with Gasteiger partial charge in [-0.1, -0.05) is 0 Å². The van der Waals surface area contributed by atoms with Gasteiger partial charge in [0.1, 0.15) is 0 Å². The first-order chi connectivity index (χ1) is 11.9. The fourth-order valence-electron chi connectivity index (χ4n) is 4.25. The summed E-state index contributed by atoms with van der Waals surface area (Å²) in [6.45, 7) is 14.3. The molecule has 0 N–H and O–H groups in total. The van der Waals surface area contributed by atoms with E-state index >= 15 is 0 Å². The van der Waals surface area contributed by atoms with Crippen LogP contribution in [0.5, 0.6) is 0 Å². The number of hydrogen-bond donors (Lipinski definition) is 0. The summed E-state index contributed by atoms with van der Waals surface area (Å²) in [5.74, 6) is 0. The molecule has 0 amide bonds. The van der Waals surface area contributed by atoms with Crippen LogP contribution in [0.4, 0.5) is 0 Å². The molecule has 0 aliphatic heterocycles. The number of rotatable bonds is 8. The summed E-state index contributed by atoms with van der Waals surface area (Å²) in [5.41, 5.74) is 0. The van der Waals surface area contributed by atoms with Crippen molar-refractivity contribution in [3.8, 4) is 0 Å². The molecule has 2 aromatic rings. The van der Waals surface area contributed by atoms with E-state index in [1.54, 1.807) is 0 Å². The van der Waals surface area contributed by atoms with E-state index in [0.717, 1.165) is 0 Å². The van der Waals surface area contributed by atoms with Gasteiger partial charge in [0.25, 0.3) is 0 Å². The maximum absolute atomic E-state index is 7.59. The van der Waals surface area contributed by atoms with Crippen LogP contribution in [0.25, 0.3) is 0 Å². The molecule has 1 nitrogen and oxygen atoms in total. The Morgan fingerprint density at radius 2 is 1.08 bits per heavy atom. The Bertz CT molecular complexity index is 626. The Balaban J connectivity index is 2.62. The quantitative estimate of drug-likeness (QED) is 0.463. The number of benzene rings is 2. The third-order valence-corrected chi connectivity index (χ3v) is 24.6. The van der Waals surface area contributed by atoms with E-state index in [1.807, 2.05) is 0 Å². The fourth-order valence-corrected chi connectivity index (χ4v) is 26.0. The molecule has 0 fully saturated rings. The van der Waals surface area contributed by atoms with Crippen molar-refractivity contribution >= 4 is 7.74 Å². The van der Waals surface area contributed by atoms with Gasteiger partial charge in [0.05, 0.1) is 0 Å². The molecule has 0 saturated heterocycles. The zero-order valence-electron chi connectivity index (χ0n) is 16.8. The molecule has 0 aromatic heterocycles. The molecule has 0 radical (unpaired) electrons. The SMILES string of the molecule is C[CH2][Ti]([CH2]C)([O][Ti]([c]1ccccc1)([CH](C)C)[CH](C)C)[c]1ccccc1. The van der Waals surface area contributed by atoms with Crippen LogP contribution in [0, 0.1) is 0 Å². The van der Waals surface area contributed by atoms with Crippen molar-refractivity contribution in [1.82, 2.24) is 0 Å². The zero-order valence-corrected chi connectivity index (χ0v) is 19.9. The van der Waals surface area contributed by atoms with Gasteiger partial charge in [0.15, 0.2) is 0 Å². The number of hydrogen-bond acceptors (Lipinski definition) is 1. The van der Waals surface area contributed by atoms with E-state index < -0.39 is 34.0 Å². The van der Waals surface area contributed by atoms with Gasteiger partial charge < -0.3 is 0 Å². The van der Waals surface area contributed by atoms with Crippen LogP contribution in [0.3, 0.4) is 0 Å². The van der Waals surface area contributed by atoms with Gasteiger partial charge in [0.2, 0.25) is 0 Å². The molecule has 0 bridgehead atoms. The Morgan fingerprint density at radius 1 is 0.680 bits per heavy atom. The minimum atomic E-state index is -2.76. The molecule has 25 heavy (non-hydrogen) atoms. The third kappa shape index (κ3) is 4.23. The van der Waals surface area contributed by atoms with Gasteiger partial charge in [-0.3, -0.25) is 0 Å². The molecule has 0 heterocycles. The first-order valence-corrected chi connectivity index (χ1v) is 16.6. The third-order valence-electron chi connectivity index (χ3n) is 5.75. The summed E-state index contributed by atoms with van der Waals surface area (Å²) in [6.07, 6.45) is 0. The molecule has 0 aliphatic carbocycles. The summed E-state index contributed by atoms with van der Waals surface area (Å²) in [5, 5.41) is 0. The predicted octanol–water partition coefficient (Wildman–Crippen LogP) is 6.32. The van der Waals surface area contributed by atoms with Gasteiger partial charge >= 0.3 is 164 Å². The Morgan fingerprint density at radius 3 is 1.44 bits per heavy atom. The Hall–Kier alpha value is -0.171. The van der Waals surface area contributed by atoms with Crippen molar-refractivity contribution in [2.45, 2.75) is 59.4 Å². The molecule has 3 heteroatoms. The molecule has 0 saturated carbocycles. The van der Waals surface area contributed by atoms with E-state index in [0.29, 0.717) is 8.45 Å². The van der Waals surface area contributed by atoms with Gasteiger partial charge in [-0.2, -0.15) is 0 Å². The van der Waals surface area contributed by atoms with E-state index in [1.165, 1.54) is 17.2 Å². The monoisotopic (exact) mass is 410 g/mol. The predicted molar refractivity (Wildman–Crippen MR) is 104 cm³/mol. The molecule has 2 aromatic carbocycles. The first kappa shape index (κ1) is 21.1. The van der Waals surface area contributed by atoms with Crippen molar-refractivity contribution in [2.75, 3.05) is 0 Å². The summed E-state index contributed by atoms with van der Waals surface area (Å²) >= 11 is -5.36. The molecule has 0 unspecified atom stereocenters. The average molecular weight is 410 g/mol. The van der Waals surface area contributed by atoms with Crippen LogP contribution < -0.4 is 7.74 Å². The minimum absolute atomic E-state index is 0.606. The van der Waals surface area contributed by atoms with Gasteiger partial charge in [-0.25, -0.2) is 0 Å². The summed E-state index contributed by atoms with van der Waals surface area (Å²) in [6, 6.07) is 22.3. The standard InChI is InChI=1S/2C6H5.2C3H7.2C2H5.O.2Ti/c2*1-2-4-6-5-3-1;2*1-3-2;2*1-2;;;/h2*1-5H;2*3H,1-2H3;2*1H2,2H3;;;. The second-order valence-corrected chi connectivity index (χ2v) is 22.5. The van der Waals surface area contributed by atoms with Crippen molar-refractivity contribution in [3.05, 3.63) is 60.7 Å². The normalized spacial score (nSPS) is 12.8. The molecule has 2 rings (SSSR count). The van der Waals surface area contributed by atoms with Crippen LogP contribution in [0.2, 0.25) is 17.9 Å². The van der Waals surface area contributed by atoms with Crippen LogP contribution in [-0.2, 0) is 35.9 Å². The molecular weight excluding hydrogens is 376 g/mol. The Kier molecular flexibility index (Phi) is 7.74. The Labute approximate surface area is 162 Å². The molecule has 0 atom stereocenters. The van der Waals surface area contributed by atoms with Crippen molar-refractivity contribution in [2.24, 2.45) is 0 Å². The topological polar surface area (TPSA) is 9.23 Å². The van der Waals surface area contributed by atoms with Crippen molar-refractivity contribution < 1.29 is 35.9 Å². The fraction of sp³-hybridized carbons (Fsp3) is 0.455. The zero-order chi connectivity index (χ0) is 18.5. The molecule has 0 aliphatic rings. The van der Waals surface area contributed by atoms with E-state index in [-0.39, 0.29) is 0 Å². The van der Waals surface area contributed by atoms with E-state index in [2.05, 4.69) is 102 Å². The summed E-state index contributed by atoms with van der Waals surface area (Å²) in [7, 11) is 0. The molecule has 136 valence electrons. The molecular formula is C22H34OTi2. The van der Waals surface area contributed by atoms with Crippen molar-refractivity contribution in [1.29, 1.82) is 0 Å². The van der Waals surface area contributed by atoms with Crippen LogP contribution >= 0.6 is 0 Å². The van der Waals surface area contributed by atoms with Gasteiger partial charge in [-0.15, -0.1) is 0 Å². The van der Waals surface area contributed by atoms with Crippen LogP contribution in [0.1, 0.15) is 41.5 Å². The van der Waals surface area contributed by atoms with Crippen molar-refractivity contribution in [3.63, 3.8) is 0 Å². The van der Waals surface area contributed by atoms with Crippen LogP contribution in [0.15, 0.2) is 60.7 Å². The van der Waals surface area contributed by atoms with E-state index in [4.69, 9.17) is 1.90 Å². The van der Waals surface area contributed by atoms with Gasteiger partial charge in [-0.05, 0) is 0 Å². The van der Waals surface area contributed by atoms with Crippen LogP contribution in [-0.4, -0.2) is 0 Å². The average Bonchev–Trinajstić information content (AvgIpc) is 2.64. The summed E-state index contributed by atoms with van der Waals surface area (Å²) < 4.78 is 14.2. The second-order valence-electron chi connectivity index (χ2n) is 7.64. The summed E-state index contributed by atoms with van der Waals surface area (Å²) in [4.78, 5) is 0.